The molecular weight excluding hydrogens is 454 g/mol. The maximum Gasteiger partial charge on any atom is 0.276 e. The summed E-state index contributed by atoms with van der Waals surface area (Å²) in [4.78, 5) is 23.5. The van der Waals surface area contributed by atoms with Gasteiger partial charge in [-0.25, -0.2) is 0 Å². The summed E-state index contributed by atoms with van der Waals surface area (Å²) in [5, 5.41) is 2.81. The predicted octanol–water partition coefficient (Wildman–Crippen LogP) is 3.34. The van der Waals surface area contributed by atoms with E-state index in [1.807, 2.05) is 32.9 Å². The van der Waals surface area contributed by atoms with E-state index in [4.69, 9.17) is 4.74 Å². The fraction of sp³-hybridized carbons (Fsp3) is 0.412. The summed E-state index contributed by atoms with van der Waals surface area (Å²) in [5.41, 5.74) is 6.69. The average Bonchev–Trinajstić information content (AvgIpc) is 2.54. The van der Waals surface area contributed by atoms with Gasteiger partial charge in [0.25, 0.3) is 5.91 Å². The van der Waals surface area contributed by atoms with Crippen molar-refractivity contribution in [1.82, 2.24) is 16.2 Å². The number of amides is 2. The van der Waals surface area contributed by atoms with Crippen molar-refractivity contribution >= 4 is 43.7 Å². The molecular formula is C17H23Br2N3O3. The number of ether oxygens (including phenoxy) is 1. The highest BCUT2D eigenvalue weighted by Gasteiger charge is 2.08. The average molecular weight is 477 g/mol. The van der Waals surface area contributed by atoms with Gasteiger partial charge in [-0.05, 0) is 60.8 Å². The molecule has 1 aromatic rings. The Labute approximate surface area is 165 Å². The van der Waals surface area contributed by atoms with Crippen molar-refractivity contribution in [1.29, 1.82) is 0 Å². The van der Waals surface area contributed by atoms with Gasteiger partial charge in [0.05, 0.1) is 4.47 Å². The fourth-order valence-corrected chi connectivity index (χ4v) is 2.82. The predicted molar refractivity (Wildman–Crippen MR) is 105 cm³/mol. The number of nitrogens with one attached hydrogen (secondary N) is 3. The maximum absolute atomic E-state index is 11.8. The number of carbonyl (C=O) groups is 2. The number of aryl methyl sites for hydroxylation is 1. The Morgan fingerprint density at radius 2 is 1.92 bits per heavy atom. The van der Waals surface area contributed by atoms with Gasteiger partial charge in [-0.2, -0.15) is 0 Å². The highest BCUT2D eigenvalue weighted by atomic mass is 79.9. The van der Waals surface area contributed by atoms with E-state index in [0.717, 1.165) is 20.9 Å². The summed E-state index contributed by atoms with van der Waals surface area (Å²) in [6.07, 6.45) is 2.24. The first-order valence-corrected chi connectivity index (χ1v) is 9.43. The number of carbonyl (C=O) groups excluding carboxylic acids is 2. The molecule has 0 aromatic heterocycles. The summed E-state index contributed by atoms with van der Waals surface area (Å²) < 4.78 is 7.20. The lowest BCUT2D eigenvalue weighted by Crippen LogP contribution is -2.40. The Hall–Kier alpha value is -1.54. The van der Waals surface area contributed by atoms with E-state index in [1.165, 1.54) is 6.08 Å². The summed E-state index contributed by atoms with van der Waals surface area (Å²) >= 11 is 6.82. The van der Waals surface area contributed by atoms with Gasteiger partial charge in [0, 0.05) is 22.3 Å². The highest BCUT2D eigenvalue weighted by molar-refractivity contribution is 9.11. The van der Waals surface area contributed by atoms with Crippen LogP contribution in [0.1, 0.15) is 32.8 Å². The molecule has 0 spiro atoms. The van der Waals surface area contributed by atoms with E-state index in [2.05, 4.69) is 48.0 Å². The molecule has 6 nitrogen and oxygen atoms in total. The minimum absolute atomic E-state index is 0.104. The number of allylic oxidation sites excluding steroid dienone is 1. The molecule has 0 saturated heterocycles. The van der Waals surface area contributed by atoms with Gasteiger partial charge in [-0.15, -0.1) is 0 Å². The second-order valence-corrected chi connectivity index (χ2v) is 7.35. The monoisotopic (exact) mass is 475 g/mol. The van der Waals surface area contributed by atoms with Gasteiger partial charge in [-0.3, -0.25) is 15.0 Å². The SMILES string of the molecule is CCC(C)NC(=O)C=C(C)NNC(=O)COc1cc(C)c(Br)cc1Br. The van der Waals surface area contributed by atoms with Crippen LogP contribution in [-0.2, 0) is 9.59 Å². The van der Waals surface area contributed by atoms with E-state index < -0.39 is 0 Å². The van der Waals surface area contributed by atoms with Crippen LogP contribution in [0.25, 0.3) is 0 Å². The molecule has 25 heavy (non-hydrogen) atoms. The van der Waals surface area contributed by atoms with E-state index in [0.29, 0.717) is 11.4 Å². The molecule has 0 bridgehead atoms. The van der Waals surface area contributed by atoms with Gasteiger partial charge in [0.15, 0.2) is 6.61 Å². The highest BCUT2D eigenvalue weighted by Crippen LogP contribution is 2.31. The smallest absolute Gasteiger partial charge is 0.276 e. The number of hydrazine groups is 1. The van der Waals surface area contributed by atoms with Crippen molar-refractivity contribution in [3.8, 4) is 5.75 Å². The molecule has 1 aromatic carbocycles. The van der Waals surface area contributed by atoms with Crippen molar-refractivity contribution in [3.63, 3.8) is 0 Å². The number of halogens is 2. The third-order valence-corrected chi connectivity index (χ3v) is 4.79. The zero-order valence-corrected chi connectivity index (χ0v) is 17.9. The quantitative estimate of drug-likeness (QED) is 0.397. The summed E-state index contributed by atoms with van der Waals surface area (Å²) in [7, 11) is 0. The van der Waals surface area contributed by atoms with Crippen LogP contribution in [-0.4, -0.2) is 24.5 Å². The number of benzene rings is 1. The second kappa shape index (κ2) is 10.5. The van der Waals surface area contributed by atoms with Crippen LogP contribution >= 0.6 is 31.9 Å². The Morgan fingerprint density at radius 1 is 1.24 bits per heavy atom. The molecule has 8 heteroatoms. The van der Waals surface area contributed by atoms with Crippen molar-refractivity contribution in [2.45, 2.75) is 40.2 Å². The van der Waals surface area contributed by atoms with Crippen molar-refractivity contribution in [2.75, 3.05) is 6.61 Å². The molecule has 3 N–H and O–H groups in total. The van der Waals surface area contributed by atoms with Crippen molar-refractivity contribution < 1.29 is 14.3 Å². The number of rotatable bonds is 8. The first-order chi connectivity index (χ1) is 11.7. The van der Waals surface area contributed by atoms with Crippen LogP contribution in [0.5, 0.6) is 5.75 Å². The van der Waals surface area contributed by atoms with Gasteiger partial charge in [0.1, 0.15) is 5.75 Å². The van der Waals surface area contributed by atoms with Crippen molar-refractivity contribution in [2.24, 2.45) is 0 Å². The normalized spacial score (nSPS) is 12.3. The second-order valence-electron chi connectivity index (χ2n) is 5.64. The van der Waals surface area contributed by atoms with Crippen molar-refractivity contribution in [3.05, 3.63) is 38.4 Å². The minimum Gasteiger partial charge on any atom is -0.483 e. The standard InChI is InChI=1S/C17H23Br2N3O3/c1-5-11(3)20-16(23)7-12(4)21-22-17(24)9-25-15-6-10(2)13(18)8-14(15)19/h6-8,11,21H,5,9H2,1-4H3,(H,20,23)(H,22,24). The molecule has 1 unspecified atom stereocenters. The molecule has 0 saturated carbocycles. The van der Waals surface area contributed by atoms with Crippen LogP contribution in [0.2, 0.25) is 0 Å². The summed E-state index contributed by atoms with van der Waals surface area (Å²) in [6, 6.07) is 3.80. The molecule has 138 valence electrons. The zero-order valence-electron chi connectivity index (χ0n) is 14.7. The van der Waals surface area contributed by atoms with E-state index in [9.17, 15) is 9.59 Å². The lowest BCUT2D eigenvalue weighted by atomic mass is 10.2. The Morgan fingerprint density at radius 3 is 2.56 bits per heavy atom. The molecule has 0 fully saturated rings. The molecule has 0 radical (unpaired) electrons. The lowest BCUT2D eigenvalue weighted by Gasteiger charge is -2.12. The first kappa shape index (κ1) is 21.5. The van der Waals surface area contributed by atoms with Gasteiger partial charge in [0.2, 0.25) is 5.91 Å². The van der Waals surface area contributed by atoms with Crippen LogP contribution in [0.15, 0.2) is 32.9 Å². The summed E-state index contributed by atoms with van der Waals surface area (Å²) in [6.45, 7) is 7.38. The lowest BCUT2D eigenvalue weighted by molar-refractivity contribution is -0.124. The van der Waals surface area contributed by atoms with E-state index in [1.54, 1.807) is 6.92 Å². The molecule has 0 heterocycles. The zero-order chi connectivity index (χ0) is 19.0. The molecule has 0 aliphatic rings. The van der Waals surface area contributed by atoms with Gasteiger partial charge < -0.3 is 15.5 Å². The molecule has 1 rings (SSSR count). The fourth-order valence-electron chi connectivity index (χ4n) is 1.71. The molecule has 2 amide bonds. The van der Waals surface area contributed by atoms with Crippen LogP contribution in [0.4, 0.5) is 0 Å². The number of hydrogen-bond donors (Lipinski definition) is 3. The third kappa shape index (κ3) is 7.92. The van der Waals surface area contributed by atoms with Gasteiger partial charge >= 0.3 is 0 Å². The molecule has 1 atom stereocenters. The Balaban J connectivity index is 2.45. The largest absolute Gasteiger partial charge is 0.483 e. The topological polar surface area (TPSA) is 79.5 Å². The first-order valence-electron chi connectivity index (χ1n) is 7.85. The van der Waals surface area contributed by atoms with Gasteiger partial charge in [-0.1, -0.05) is 22.9 Å². The Bertz CT molecular complexity index is 663. The van der Waals surface area contributed by atoms with Crippen LogP contribution < -0.4 is 20.9 Å². The summed E-state index contributed by atoms with van der Waals surface area (Å²) in [5.74, 6) is 0.0118. The molecule has 0 aliphatic heterocycles. The maximum atomic E-state index is 11.8. The van der Waals surface area contributed by atoms with E-state index in [-0.39, 0.29) is 24.5 Å². The van der Waals surface area contributed by atoms with Crippen LogP contribution in [0, 0.1) is 6.92 Å². The molecule has 0 aliphatic carbocycles. The van der Waals surface area contributed by atoms with Crippen LogP contribution in [0.3, 0.4) is 0 Å². The third-order valence-electron chi connectivity index (χ3n) is 3.32. The minimum atomic E-state index is -0.359. The Kier molecular flexibility index (Phi) is 8.99. The number of hydrogen-bond acceptors (Lipinski definition) is 4. The van der Waals surface area contributed by atoms with E-state index >= 15 is 0 Å².